The Kier molecular flexibility index (Phi) is 4.00. The van der Waals surface area contributed by atoms with Crippen LogP contribution in [0.1, 0.15) is 17.6 Å². The lowest BCUT2D eigenvalue weighted by atomic mass is 10.1. The molecule has 1 heterocycles. The molecular formula is C9H9ClF2N2O2. The maximum atomic E-state index is 12.6. The number of methoxy groups -OCH3 is 1. The maximum absolute atomic E-state index is 12.6. The molecule has 0 fully saturated rings. The Hall–Kier alpha value is -1.43. The standard InChI is InChI=1S/C9H9ClF2N2O2/c1-16-7(15)3-5-4(8(11)12)2-6(10)14-9(5)13/h2,8H,3H2,1H3,(H2,13,14). The van der Waals surface area contributed by atoms with Crippen LogP contribution in [0, 0.1) is 0 Å². The summed E-state index contributed by atoms with van der Waals surface area (Å²) in [4.78, 5) is 14.6. The SMILES string of the molecule is COC(=O)Cc1c(C(F)F)cc(Cl)nc1N. The van der Waals surface area contributed by atoms with Crippen molar-refractivity contribution in [3.63, 3.8) is 0 Å². The summed E-state index contributed by atoms with van der Waals surface area (Å²) in [6, 6.07) is 0.987. The molecule has 0 unspecified atom stereocenters. The Bertz CT molecular complexity index is 413. The summed E-state index contributed by atoms with van der Waals surface area (Å²) in [6.07, 6.45) is -3.13. The number of rotatable bonds is 3. The largest absolute Gasteiger partial charge is 0.469 e. The number of aromatic nitrogens is 1. The van der Waals surface area contributed by atoms with Crippen LogP contribution in [0.5, 0.6) is 0 Å². The van der Waals surface area contributed by atoms with Gasteiger partial charge in [-0.3, -0.25) is 4.79 Å². The number of halogens is 3. The normalized spacial score (nSPS) is 10.6. The van der Waals surface area contributed by atoms with Gasteiger partial charge in [0.15, 0.2) is 0 Å². The summed E-state index contributed by atoms with van der Waals surface area (Å²) >= 11 is 5.50. The van der Waals surface area contributed by atoms with Crippen LogP contribution in [-0.4, -0.2) is 18.1 Å². The average molecular weight is 251 g/mol. The van der Waals surface area contributed by atoms with Gasteiger partial charge in [0.2, 0.25) is 0 Å². The molecule has 4 nitrogen and oxygen atoms in total. The number of esters is 1. The van der Waals surface area contributed by atoms with Crippen molar-refractivity contribution in [1.29, 1.82) is 0 Å². The van der Waals surface area contributed by atoms with Crippen LogP contribution in [-0.2, 0) is 16.0 Å². The molecule has 2 N–H and O–H groups in total. The summed E-state index contributed by atoms with van der Waals surface area (Å²) < 4.78 is 29.7. The maximum Gasteiger partial charge on any atom is 0.310 e. The average Bonchev–Trinajstić information content (AvgIpc) is 2.20. The van der Waals surface area contributed by atoms with Crippen molar-refractivity contribution in [1.82, 2.24) is 4.98 Å². The Labute approximate surface area is 95.4 Å². The molecule has 0 saturated heterocycles. The van der Waals surface area contributed by atoms with E-state index in [-0.39, 0.29) is 23.0 Å². The second-order valence-electron chi connectivity index (χ2n) is 2.95. The minimum absolute atomic E-state index is 0.0498. The van der Waals surface area contributed by atoms with Crippen molar-refractivity contribution in [3.8, 4) is 0 Å². The topological polar surface area (TPSA) is 65.2 Å². The zero-order valence-electron chi connectivity index (χ0n) is 8.34. The van der Waals surface area contributed by atoms with Crippen molar-refractivity contribution in [2.45, 2.75) is 12.8 Å². The number of carbonyl (C=O) groups excluding carboxylic acids is 1. The van der Waals surface area contributed by atoms with Crippen LogP contribution in [0.4, 0.5) is 14.6 Å². The minimum Gasteiger partial charge on any atom is -0.469 e. The number of ether oxygens (including phenoxy) is 1. The van der Waals surface area contributed by atoms with E-state index in [1.54, 1.807) is 0 Å². The third-order valence-corrected chi connectivity index (χ3v) is 2.14. The first kappa shape index (κ1) is 12.6. The first-order valence-corrected chi connectivity index (χ1v) is 4.63. The lowest BCUT2D eigenvalue weighted by molar-refractivity contribution is -0.139. The monoisotopic (exact) mass is 250 g/mol. The third-order valence-electron chi connectivity index (χ3n) is 1.94. The van der Waals surface area contributed by atoms with Gasteiger partial charge in [-0.1, -0.05) is 11.6 Å². The van der Waals surface area contributed by atoms with Crippen LogP contribution in [0.2, 0.25) is 5.15 Å². The third kappa shape index (κ3) is 2.79. The Morgan fingerprint density at radius 1 is 1.69 bits per heavy atom. The Morgan fingerprint density at radius 2 is 2.31 bits per heavy atom. The number of anilines is 1. The van der Waals surface area contributed by atoms with Gasteiger partial charge in [0.25, 0.3) is 6.43 Å². The van der Waals surface area contributed by atoms with Gasteiger partial charge in [-0.2, -0.15) is 0 Å². The Balaban J connectivity index is 3.19. The second-order valence-corrected chi connectivity index (χ2v) is 3.34. The van der Waals surface area contributed by atoms with E-state index in [4.69, 9.17) is 17.3 Å². The molecule has 0 saturated carbocycles. The minimum atomic E-state index is -2.78. The van der Waals surface area contributed by atoms with E-state index in [1.165, 1.54) is 0 Å². The molecule has 7 heteroatoms. The molecule has 1 aromatic heterocycles. The summed E-state index contributed by atoms with van der Waals surface area (Å²) in [6.45, 7) is 0. The first-order valence-electron chi connectivity index (χ1n) is 4.25. The van der Waals surface area contributed by atoms with Gasteiger partial charge in [-0.05, 0) is 6.07 Å². The zero-order valence-corrected chi connectivity index (χ0v) is 9.09. The van der Waals surface area contributed by atoms with Crippen molar-refractivity contribution in [2.75, 3.05) is 12.8 Å². The molecule has 0 aliphatic heterocycles. The van der Waals surface area contributed by atoms with Gasteiger partial charge >= 0.3 is 5.97 Å². The van der Waals surface area contributed by atoms with Crippen LogP contribution < -0.4 is 5.73 Å². The molecule has 16 heavy (non-hydrogen) atoms. The summed E-state index contributed by atoms with van der Waals surface area (Å²) in [7, 11) is 1.16. The predicted molar refractivity (Wildman–Crippen MR) is 54.3 cm³/mol. The van der Waals surface area contributed by atoms with E-state index < -0.39 is 18.0 Å². The highest BCUT2D eigenvalue weighted by Crippen LogP contribution is 2.28. The molecule has 0 spiro atoms. The first-order chi connectivity index (χ1) is 7.45. The number of alkyl halides is 2. The molecule has 88 valence electrons. The number of hydrogen-bond acceptors (Lipinski definition) is 4. The highest BCUT2D eigenvalue weighted by atomic mass is 35.5. The lowest BCUT2D eigenvalue weighted by Crippen LogP contribution is -2.11. The van der Waals surface area contributed by atoms with Crippen LogP contribution in [0.15, 0.2) is 6.07 Å². The van der Waals surface area contributed by atoms with Gasteiger partial charge in [0.1, 0.15) is 11.0 Å². The summed E-state index contributed by atoms with van der Waals surface area (Å²) in [5.74, 6) is -0.856. The number of nitrogens with two attached hydrogens (primary N) is 1. The lowest BCUT2D eigenvalue weighted by Gasteiger charge is -2.10. The van der Waals surface area contributed by atoms with E-state index in [2.05, 4.69) is 9.72 Å². The van der Waals surface area contributed by atoms with Crippen molar-refractivity contribution >= 4 is 23.4 Å². The molecule has 1 rings (SSSR count). The van der Waals surface area contributed by atoms with E-state index in [9.17, 15) is 13.6 Å². The summed E-state index contributed by atoms with van der Waals surface area (Å²) in [5, 5.41) is -0.138. The van der Waals surface area contributed by atoms with Crippen molar-refractivity contribution in [2.24, 2.45) is 0 Å². The second kappa shape index (κ2) is 5.07. The highest BCUT2D eigenvalue weighted by Gasteiger charge is 2.20. The quantitative estimate of drug-likeness (QED) is 0.658. The van der Waals surface area contributed by atoms with Gasteiger partial charge in [-0.15, -0.1) is 0 Å². The van der Waals surface area contributed by atoms with E-state index in [1.807, 2.05) is 0 Å². The summed E-state index contributed by atoms with van der Waals surface area (Å²) in [5.41, 5.74) is 4.98. The smallest absolute Gasteiger partial charge is 0.310 e. The molecule has 0 amide bonds. The van der Waals surface area contributed by atoms with Crippen LogP contribution in [0.25, 0.3) is 0 Å². The fourth-order valence-electron chi connectivity index (χ4n) is 1.18. The fraction of sp³-hybridized carbons (Fsp3) is 0.333. The van der Waals surface area contributed by atoms with E-state index in [0.717, 1.165) is 13.2 Å². The highest BCUT2D eigenvalue weighted by molar-refractivity contribution is 6.29. The fourth-order valence-corrected chi connectivity index (χ4v) is 1.39. The number of pyridine rings is 1. The number of carbonyl (C=O) groups is 1. The van der Waals surface area contributed by atoms with Crippen LogP contribution >= 0.6 is 11.6 Å². The number of nitrogen functional groups attached to an aromatic ring is 1. The van der Waals surface area contributed by atoms with Gasteiger partial charge in [0.05, 0.1) is 13.5 Å². The Morgan fingerprint density at radius 3 is 2.81 bits per heavy atom. The van der Waals surface area contributed by atoms with E-state index >= 15 is 0 Å². The van der Waals surface area contributed by atoms with Gasteiger partial charge in [0, 0.05) is 11.1 Å². The van der Waals surface area contributed by atoms with Crippen LogP contribution in [0.3, 0.4) is 0 Å². The molecule has 0 aliphatic carbocycles. The predicted octanol–water partition coefficient (Wildman–Crippen LogP) is 1.97. The molecule has 0 bridgehead atoms. The molecule has 0 aromatic carbocycles. The van der Waals surface area contributed by atoms with Crippen molar-refractivity contribution < 1.29 is 18.3 Å². The van der Waals surface area contributed by atoms with Gasteiger partial charge < -0.3 is 10.5 Å². The molecule has 0 atom stereocenters. The molecular weight excluding hydrogens is 242 g/mol. The van der Waals surface area contributed by atoms with Gasteiger partial charge in [-0.25, -0.2) is 13.8 Å². The molecule has 1 aromatic rings. The molecule has 0 aliphatic rings. The van der Waals surface area contributed by atoms with E-state index in [0.29, 0.717) is 0 Å². The zero-order chi connectivity index (χ0) is 12.3. The van der Waals surface area contributed by atoms with Crippen molar-refractivity contribution in [3.05, 3.63) is 22.3 Å². The number of nitrogens with zero attached hydrogens (tertiary/aromatic N) is 1. The molecule has 0 radical (unpaired) electrons. The number of hydrogen-bond donors (Lipinski definition) is 1.